The number of aromatic nitrogens is 2. The Balaban J connectivity index is 2.03. The number of hydrogen-bond donors (Lipinski definition) is 1. The van der Waals surface area contributed by atoms with Crippen LogP contribution >= 0.6 is 0 Å². The summed E-state index contributed by atoms with van der Waals surface area (Å²) >= 11 is 0. The van der Waals surface area contributed by atoms with Gasteiger partial charge in [-0.15, -0.1) is 0 Å². The van der Waals surface area contributed by atoms with Crippen molar-refractivity contribution < 1.29 is 0 Å². The van der Waals surface area contributed by atoms with Crippen molar-refractivity contribution in [1.29, 1.82) is 0 Å². The van der Waals surface area contributed by atoms with Gasteiger partial charge in [0.15, 0.2) is 0 Å². The van der Waals surface area contributed by atoms with E-state index in [4.69, 9.17) is 5.73 Å². The maximum absolute atomic E-state index is 5.97. The molecular weight excluding hydrogens is 236 g/mol. The lowest BCUT2D eigenvalue weighted by Crippen LogP contribution is -2.19. The van der Waals surface area contributed by atoms with E-state index in [9.17, 15) is 0 Å². The van der Waals surface area contributed by atoms with Gasteiger partial charge >= 0.3 is 0 Å². The molecule has 102 valence electrons. The highest BCUT2D eigenvalue weighted by atomic mass is 15.3. The monoisotopic (exact) mass is 258 g/mol. The molecule has 19 heavy (non-hydrogen) atoms. The second-order valence-electron chi connectivity index (χ2n) is 4.98. The zero-order valence-electron chi connectivity index (χ0n) is 11.9. The Morgan fingerprint density at radius 2 is 2.00 bits per heavy atom. The van der Waals surface area contributed by atoms with Crippen LogP contribution in [0, 0.1) is 0 Å². The summed E-state index contributed by atoms with van der Waals surface area (Å²) in [5.74, 6) is 0. The van der Waals surface area contributed by atoms with Gasteiger partial charge in [0.05, 0.1) is 11.4 Å². The number of anilines is 1. The molecule has 4 heteroatoms. The summed E-state index contributed by atoms with van der Waals surface area (Å²) in [6.45, 7) is 3.84. The molecule has 1 heterocycles. The summed E-state index contributed by atoms with van der Waals surface area (Å²) in [5.41, 5.74) is 10.4. The van der Waals surface area contributed by atoms with E-state index in [1.165, 1.54) is 11.3 Å². The van der Waals surface area contributed by atoms with E-state index in [-0.39, 0.29) is 0 Å². The lowest BCUT2D eigenvalue weighted by molar-refractivity contribution is 0.310. The van der Waals surface area contributed by atoms with E-state index >= 15 is 0 Å². The van der Waals surface area contributed by atoms with Gasteiger partial charge < -0.3 is 5.73 Å². The number of para-hydroxylation sites is 1. The van der Waals surface area contributed by atoms with Gasteiger partial charge in [0.1, 0.15) is 0 Å². The average Bonchev–Trinajstić information content (AvgIpc) is 2.73. The van der Waals surface area contributed by atoms with Crippen molar-refractivity contribution in [2.45, 2.75) is 26.4 Å². The summed E-state index contributed by atoms with van der Waals surface area (Å²) in [4.78, 5) is 2.25. The van der Waals surface area contributed by atoms with Crippen molar-refractivity contribution in [2.75, 3.05) is 12.8 Å². The molecule has 1 aromatic heterocycles. The Hall–Kier alpha value is -1.81. The molecule has 0 aliphatic carbocycles. The number of benzene rings is 1. The summed E-state index contributed by atoms with van der Waals surface area (Å²) in [6.07, 6.45) is 0.975. The molecule has 0 unspecified atom stereocenters. The fraction of sp³-hybridized carbons (Fsp3) is 0.400. The van der Waals surface area contributed by atoms with E-state index in [0.717, 1.165) is 30.9 Å². The minimum Gasteiger partial charge on any atom is -0.398 e. The number of nitrogens with two attached hydrogens (primary N) is 1. The van der Waals surface area contributed by atoms with Crippen LogP contribution in [0.5, 0.6) is 0 Å². The van der Waals surface area contributed by atoms with E-state index in [1.807, 2.05) is 29.9 Å². The SMILES string of the molecule is CCc1cc(CN(C)Cc2ccccc2N)n(C)n1. The molecule has 0 fully saturated rings. The van der Waals surface area contributed by atoms with Gasteiger partial charge in [-0.25, -0.2) is 0 Å². The van der Waals surface area contributed by atoms with Crippen molar-refractivity contribution in [3.8, 4) is 0 Å². The number of hydrogen-bond acceptors (Lipinski definition) is 3. The first-order valence-electron chi connectivity index (χ1n) is 6.64. The lowest BCUT2D eigenvalue weighted by Gasteiger charge is -2.17. The molecule has 0 atom stereocenters. The van der Waals surface area contributed by atoms with Gasteiger partial charge in [-0.1, -0.05) is 25.1 Å². The molecule has 0 saturated carbocycles. The first-order valence-corrected chi connectivity index (χ1v) is 6.64. The molecule has 2 rings (SSSR count). The van der Waals surface area contributed by atoms with Crippen LogP contribution in [0.4, 0.5) is 5.69 Å². The topological polar surface area (TPSA) is 47.1 Å². The third-order valence-corrected chi connectivity index (χ3v) is 3.32. The molecule has 4 nitrogen and oxygen atoms in total. The maximum Gasteiger partial charge on any atom is 0.0625 e. The zero-order valence-corrected chi connectivity index (χ0v) is 11.9. The van der Waals surface area contributed by atoms with Crippen LogP contribution in [-0.2, 0) is 26.6 Å². The van der Waals surface area contributed by atoms with E-state index in [0.29, 0.717) is 0 Å². The zero-order chi connectivity index (χ0) is 13.8. The summed E-state index contributed by atoms with van der Waals surface area (Å²) < 4.78 is 1.96. The molecule has 0 aliphatic rings. The van der Waals surface area contributed by atoms with Crippen LogP contribution in [0.3, 0.4) is 0 Å². The quantitative estimate of drug-likeness (QED) is 0.836. The molecule has 0 spiro atoms. The van der Waals surface area contributed by atoms with Crippen LogP contribution in [-0.4, -0.2) is 21.7 Å². The van der Waals surface area contributed by atoms with Gasteiger partial charge in [-0.2, -0.15) is 5.10 Å². The Bertz CT molecular complexity index is 545. The van der Waals surface area contributed by atoms with Crippen LogP contribution in [0.1, 0.15) is 23.9 Å². The normalized spacial score (nSPS) is 11.2. The van der Waals surface area contributed by atoms with E-state index in [1.54, 1.807) is 0 Å². The molecule has 0 amide bonds. The Labute approximate surface area is 114 Å². The number of nitrogens with zero attached hydrogens (tertiary/aromatic N) is 3. The molecule has 0 saturated heterocycles. The summed E-state index contributed by atoms with van der Waals surface area (Å²) in [5, 5.41) is 4.47. The number of rotatable bonds is 5. The molecule has 0 bridgehead atoms. The highest BCUT2D eigenvalue weighted by molar-refractivity contribution is 5.46. The van der Waals surface area contributed by atoms with Crippen molar-refractivity contribution in [1.82, 2.24) is 14.7 Å². The van der Waals surface area contributed by atoms with Gasteiger partial charge in [0.2, 0.25) is 0 Å². The first kappa shape index (κ1) is 13.6. The third kappa shape index (κ3) is 3.35. The van der Waals surface area contributed by atoms with Crippen LogP contribution < -0.4 is 5.73 Å². The molecular formula is C15H22N4. The van der Waals surface area contributed by atoms with Crippen molar-refractivity contribution in [3.63, 3.8) is 0 Å². The highest BCUT2D eigenvalue weighted by Gasteiger charge is 2.08. The van der Waals surface area contributed by atoms with Crippen molar-refractivity contribution >= 4 is 5.69 Å². The molecule has 0 radical (unpaired) electrons. The van der Waals surface area contributed by atoms with Gasteiger partial charge in [0, 0.05) is 25.8 Å². The van der Waals surface area contributed by atoms with Crippen LogP contribution in [0.15, 0.2) is 30.3 Å². The maximum atomic E-state index is 5.97. The van der Waals surface area contributed by atoms with E-state index in [2.05, 4.69) is 36.1 Å². The minimum atomic E-state index is 0.847. The second-order valence-corrected chi connectivity index (χ2v) is 4.98. The van der Waals surface area contributed by atoms with E-state index < -0.39 is 0 Å². The molecule has 1 aromatic carbocycles. The van der Waals surface area contributed by atoms with Gasteiger partial charge in [0.25, 0.3) is 0 Å². The smallest absolute Gasteiger partial charge is 0.0625 e. The Morgan fingerprint density at radius 1 is 1.26 bits per heavy atom. The molecule has 2 aromatic rings. The van der Waals surface area contributed by atoms with Gasteiger partial charge in [-0.3, -0.25) is 9.58 Å². The predicted molar refractivity (Wildman–Crippen MR) is 78.6 cm³/mol. The van der Waals surface area contributed by atoms with Crippen molar-refractivity contribution in [2.24, 2.45) is 7.05 Å². The van der Waals surface area contributed by atoms with Crippen LogP contribution in [0.2, 0.25) is 0 Å². The summed E-state index contributed by atoms with van der Waals surface area (Å²) in [7, 11) is 4.10. The summed E-state index contributed by atoms with van der Waals surface area (Å²) in [6, 6.07) is 10.2. The third-order valence-electron chi connectivity index (χ3n) is 3.32. The average molecular weight is 258 g/mol. The highest BCUT2D eigenvalue weighted by Crippen LogP contribution is 2.14. The lowest BCUT2D eigenvalue weighted by atomic mass is 10.1. The largest absolute Gasteiger partial charge is 0.398 e. The van der Waals surface area contributed by atoms with Crippen molar-refractivity contribution in [3.05, 3.63) is 47.3 Å². The minimum absolute atomic E-state index is 0.847. The van der Waals surface area contributed by atoms with Gasteiger partial charge in [-0.05, 0) is 31.2 Å². The second kappa shape index (κ2) is 5.89. The molecule has 0 aliphatic heterocycles. The predicted octanol–water partition coefficient (Wildman–Crippen LogP) is 2.20. The number of nitrogen functional groups attached to an aromatic ring is 1. The number of aryl methyl sites for hydroxylation is 2. The fourth-order valence-electron chi connectivity index (χ4n) is 2.19. The van der Waals surface area contributed by atoms with Crippen LogP contribution in [0.25, 0.3) is 0 Å². The molecule has 2 N–H and O–H groups in total. The Kier molecular flexibility index (Phi) is 4.22. The fourth-order valence-corrected chi connectivity index (χ4v) is 2.19. The standard InChI is InChI=1S/C15H22N4/c1-4-13-9-14(19(3)17-13)11-18(2)10-12-7-5-6-8-15(12)16/h5-9H,4,10-11,16H2,1-3H3. The Morgan fingerprint density at radius 3 is 2.63 bits per heavy atom. The first-order chi connectivity index (χ1) is 9.10.